The Hall–Kier alpha value is -1.75. The molecule has 0 radical (unpaired) electrons. The molecule has 0 fully saturated rings. The first kappa shape index (κ1) is 12.7. The van der Waals surface area contributed by atoms with Crippen LogP contribution in [-0.2, 0) is 4.79 Å². The maximum Gasteiger partial charge on any atom is 0.228 e. The third kappa shape index (κ3) is 2.92. The van der Waals surface area contributed by atoms with Crippen molar-refractivity contribution >= 4 is 22.4 Å². The Morgan fingerprint density at radius 2 is 2.28 bits per heavy atom. The highest BCUT2D eigenvalue weighted by atomic mass is 32.1. The summed E-state index contributed by atoms with van der Waals surface area (Å²) in [6.45, 7) is 3.90. The first-order valence-electron chi connectivity index (χ1n) is 5.88. The van der Waals surface area contributed by atoms with Gasteiger partial charge in [-0.05, 0) is 18.6 Å². The first-order chi connectivity index (χ1) is 8.70. The maximum atomic E-state index is 11.7. The second kappa shape index (κ2) is 5.73. The third-order valence-corrected chi connectivity index (χ3v) is 3.48. The lowest BCUT2D eigenvalue weighted by molar-refractivity contribution is -0.119. The lowest BCUT2D eigenvalue weighted by Gasteiger charge is -2.06. The van der Waals surface area contributed by atoms with Crippen LogP contribution >= 0.6 is 11.3 Å². The molecule has 0 saturated carbocycles. The van der Waals surface area contributed by atoms with Crippen LogP contribution in [-0.4, -0.2) is 15.9 Å². The van der Waals surface area contributed by atoms with E-state index in [1.165, 1.54) is 11.3 Å². The van der Waals surface area contributed by atoms with Crippen LogP contribution in [0.2, 0.25) is 0 Å². The number of amides is 1. The monoisotopic (exact) mass is 261 g/mol. The van der Waals surface area contributed by atoms with Crippen LogP contribution in [0.5, 0.6) is 0 Å². The lowest BCUT2D eigenvalue weighted by atomic mass is 10.1. The van der Waals surface area contributed by atoms with Crippen molar-refractivity contribution in [1.29, 1.82) is 0 Å². The molecule has 0 aromatic carbocycles. The Balaban J connectivity index is 2.10. The standard InChI is InChI=1S/C13H15N3OS/c1-3-9(2)12(17)16-13-15-11(8-18-13)10-6-4-5-7-14-10/h4-9H,3H2,1-2H3,(H,15,16,17). The van der Waals surface area contributed by atoms with E-state index < -0.39 is 0 Å². The molecule has 0 aliphatic carbocycles. The van der Waals surface area contributed by atoms with E-state index in [0.29, 0.717) is 5.13 Å². The zero-order chi connectivity index (χ0) is 13.0. The van der Waals surface area contributed by atoms with Crippen molar-refractivity contribution in [2.75, 3.05) is 5.32 Å². The number of rotatable bonds is 4. The van der Waals surface area contributed by atoms with E-state index in [1.807, 2.05) is 37.4 Å². The molecule has 2 aromatic rings. The van der Waals surface area contributed by atoms with Gasteiger partial charge in [0.1, 0.15) is 5.69 Å². The van der Waals surface area contributed by atoms with Crippen LogP contribution in [0.3, 0.4) is 0 Å². The van der Waals surface area contributed by atoms with Crippen molar-refractivity contribution in [2.45, 2.75) is 20.3 Å². The Morgan fingerprint density at radius 3 is 2.94 bits per heavy atom. The molecule has 0 bridgehead atoms. The van der Waals surface area contributed by atoms with Crippen molar-refractivity contribution in [3.8, 4) is 11.4 Å². The van der Waals surface area contributed by atoms with Crippen LogP contribution in [0.1, 0.15) is 20.3 Å². The summed E-state index contributed by atoms with van der Waals surface area (Å²) in [4.78, 5) is 20.3. The van der Waals surface area contributed by atoms with Gasteiger partial charge in [-0.1, -0.05) is 19.9 Å². The van der Waals surface area contributed by atoms with E-state index in [1.54, 1.807) is 6.20 Å². The minimum absolute atomic E-state index is 0.00667. The predicted octanol–water partition coefficient (Wildman–Crippen LogP) is 3.19. The van der Waals surface area contributed by atoms with Gasteiger partial charge in [0.25, 0.3) is 0 Å². The molecule has 1 amide bonds. The molecule has 1 unspecified atom stereocenters. The van der Waals surface area contributed by atoms with Gasteiger partial charge >= 0.3 is 0 Å². The van der Waals surface area contributed by atoms with Crippen LogP contribution in [0.4, 0.5) is 5.13 Å². The number of anilines is 1. The molecule has 0 spiro atoms. The fraction of sp³-hybridized carbons (Fsp3) is 0.308. The van der Waals surface area contributed by atoms with E-state index >= 15 is 0 Å². The van der Waals surface area contributed by atoms with Crippen LogP contribution in [0.25, 0.3) is 11.4 Å². The van der Waals surface area contributed by atoms with Crippen LogP contribution in [0, 0.1) is 5.92 Å². The smallest absolute Gasteiger partial charge is 0.228 e. The highest BCUT2D eigenvalue weighted by Gasteiger charge is 2.13. The molecular weight excluding hydrogens is 246 g/mol. The quantitative estimate of drug-likeness (QED) is 0.919. The van der Waals surface area contributed by atoms with Gasteiger partial charge in [0.15, 0.2) is 5.13 Å². The highest BCUT2D eigenvalue weighted by molar-refractivity contribution is 7.14. The molecule has 2 heterocycles. The minimum Gasteiger partial charge on any atom is -0.302 e. The number of carbonyl (C=O) groups excluding carboxylic acids is 1. The van der Waals surface area contributed by atoms with Crippen molar-refractivity contribution < 1.29 is 4.79 Å². The predicted molar refractivity (Wildman–Crippen MR) is 73.4 cm³/mol. The average Bonchev–Trinajstić information content (AvgIpc) is 2.87. The fourth-order valence-corrected chi connectivity index (χ4v) is 2.08. The van der Waals surface area contributed by atoms with Crippen LogP contribution in [0.15, 0.2) is 29.8 Å². The highest BCUT2D eigenvalue weighted by Crippen LogP contribution is 2.23. The van der Waals surface area contributed by atoms with Gasteiger partial charge in [-0.15, -0.1) is 11.3 Å². The largest absolute Gasteiger partial charge is 0.302 e. The number of hydrogen-bond acceptors (Lipinski definition) is 4. The molecule has 0 aliphatic heterocycles. The van der Waals surface area contributed by atoms with Crippen molar-refractivity contribution in [3.63, 3.8) is 0 Å². The zero-order valence-corrected chi connectivity index (χ0v) is 11.2. The number of carbonyl (C=O) groups is 1. The molecule has 1 N–H and O–H groups in total. The number of nitrogens with one attached hydrogen (secondary N) is 1. The summed E-state index contributed by atoms with van der Waals surface area (Å²) in [5, 5.41) is 5.35. The van der Waals surface area contributed by atoms with Gasteiger partial charge in [0.05, 0.1) is 5.69 Å². The van der Waals surface area contributed by atoms with Gasteiger partial charge in [0, 0.05) is 17.5 Å². The molecule has 94 valence electrons. The number of thiazole rings is 1. The average molecular weight is 261 g/mol. The molecular formula is C13H15N3OS. The number of nitrogens with zero attached hydrogens (tertiary/aromatic N) is 2. The molecule has 2 aromatic heterocycles. The molecule has 4 nitrogen and oxygen atoms in total. The molecule has 0 aliphatic rings. The SMILES string of the molecule is CCC(C)C(=O)Nc1nc(-c2ccccn2)cs1. The second-order valence-electron chi connectivity index (χ2n) is 4.05. The Labute approximate surface area is 110 Å². The summed E-state index contributed by atoms with van der Waals surface area (Å²) in [6.07, 6.45) is 2.55. The lowest BCUT2D eigenvalue weighted by Crippen LogP contribution is -2.19. The number of hydrogen-bond donors (Lipinski definition) is 1. The number of pyridine rings is 1. The summed E-state index contributed by atoms with van der Waals surface area (Å²) >= 11 is 1.42. The van der Waals surface area contributed by atoms with E-state index in [-0.39, 0.29) is 11.8 Å². The summed E-state index contributed by atoms with van der Waals surface area (Å²) in [5.74, 6) is 0.0200. The minimum atomic E-state index is 0.00667. The number of aromatic nitrogens is 2. The Morgan fingerprint density at radius 1 is 1.44 bits per heavy atom. The summed E-state index contributed by atoms with van der Waals surface area (Å²) in [6, 6.07) is 5.68. The van der Waals surface area contributed by atoms with E-state index in [2.05, 4.69) is 15.3 Å². The van der Waals surface area contributed by atoms with Gasteiger partial charge in [-0.3, -0.25) is 9.78 Å². The molecule has 1 atom stereocenters. The van der Waals surface area contributed by atoms with E-state index in [9.17, 15) is 4.79 Å². The summed E-state index contributed by atoms with van der Waals surface area (Å²) in [5.41, 5.74) is 1.61. The Bertz CT molecular complexity index is 524. The fourth-order valence-electron chi connectivity index (χ4n) is 1.38. The Kier molecular flexibility index (Phi) is 4.04. The first-order valence-corrected chi connectivity index (χ1v) is 6.76. The topological polar surface area (TPSA) is 54.9 Å². The second-order valence-corrected chi connectivity index (χ2v) is 4.91. The van der Waals surface area contributed by atoms with Crippen molar-refractivity contribution in [3.05, 3.63) is 29.8 Å². The van der Waals surface area contributed by atoms with Gasteiger partial charge in [-0.2, -0.15) is 0 Å². The summed E-state index contributed by atoms with van der Waals surface area (Å²) in [7, 11) is 0. The van der Waals surface area contributed by atoms with E-state index in [4.69, 9.17) is 0 Å². The molecule has 2 rings (SSSR count). The molecule has 5 heteroatoms. The normalized spacial score (nSPS) is 12.1. The van der Waals surface area contributed by atoms with E-state index in [0.717, 1.165) is 17.8 Å². The van der Waals surface area contributed by atoms with Crippen molar-refractivity contribution in [1.82, 2.24) is 9.97 Å². The van der Waals surface area contributed by atoms with Gasteiger partial charge < -0.3 is 5.32 Å². The van der Waals surface area contributed by atoms with Crippen molar-refractivity contribution in [2.24, 2.45) is 5.92 Å². The van der Waals surface area contributed by atoms with Crippen LogP contribution < -0.4 is 5.32 Å². The summed E-state index contributed by atoms with van der Waals surface area (Å²) < 4.78 is 0. The zero-order valence-electron chi connectivity index (χ0n) is 10.4. The maximum absolute atomic E-state index is 11.7. The molecule has 0 saturated heterocycles. The van der Waals surface area contributed by atoms with Gasteiger partial charge in [-0.25, -0.2) is 4.98 Å². The molecule has 18 heavy (non-hydrogen) atoms. The van der Waals surface area contributed by atoms with Gasteiger partial charge in [0.2, 0.25) is 5.91 Å². The third-order valence-electron chi connectivity index (χ3n) is 2.72.